The second-order valence-corrected chi connectivity index (χ2v) is 9.59. The molecule has 1 unspecified atom stereocenters. The maximum absolute atomic E-state index is 13.6. The molecule has 0 fully saturated rings. The zero-order valence-electron chi connectivity index (χ0n) is 21.9. The third-order valence-corrected chi connectivity index (χ3v) is 6.84. The van der Waals surface area contributed by atoms with Crippen molar-refractivity contribution in [1.29, 1.82) is 0 Å². The van der Waals surface area contributed by atoms with Crippen molar-refractivity contribution in [3.05, 3.63) is 118 Å². The van der Waals surface area contributed by atoms with Crippen LogP contribution in [0.3, 0.4) is 0 Å². The molecule has 5 rings (SSSR count). The summed E-state index contributed by atoms with van der Waals surface area (Å²) in [7, 11) is 0. The first-order valence-corrected chi connectivity index (χ1v) is 13.0. The zero-order valence-corrected chi connectivity index (χ0v) is 21.9. The first-order chi connectivity index (χ1) is 18.9. The van der Waals surface area contributed by atoms with Crippen molar-refractivity contribution in [1.82, 2.24) is 15.2 Å². The molecule has 1 aromatic heterocycles. The molecule has 1 aliphatic rings. The summed E-state index contributed by atoms with van der Waals surface area (Å²) in [5, 5.41) is 2.85. The number of hydrogen-bond acceptors (Lipinski definition) is 5. The lowest BCUT2D eigenvalue weighted by Gasteiger charge is -2.38. The van der Waals surface area contributed by atoms with Gasteiger partial charge in [0.1, 0.15) is 17.8 Å². The van der Waals surface area contributed by atoms with E-state index in [1.54, 1.807) is 12.1 Å². The number of fused-ring (bicyclic) bond motifs is 1. The van der Waals surface area contributed by atoms with E-state index in [1.165, 1.54) is 18.4 Å². The Hall–Kier alpha value is -4.46. The molecule has 0 radical (unpaired) electrons. The summed E-state index contributed by atoms with van der Waals surface area (Å²) < 4.78 is 25.1. The van der Waals surface area contributed by atoms with Crippen molar-refractivity contribution in [3.63, 3.8) is 0 Å². The molecule has 0 aliphatic carbocycles. The fraction of sp³-hybridized carbons (Fsp3) is 0.258. The van der Waals surface area contributed by atoms with Gasteiger partial charge >= 0.3 is 0 Å². The smallest absolute Gasteiger partial charge is 0.273 e. The molecule has 0 saturated heterocycles. The number of aryl methyl sites for hydroxylation is 1. The molecule has 8 heteroatoms. The van der Waals surface area contributed by atoms with Gasteiger partial charge in [-0.05, 0) is 59.9 Å². The molecule has 200 valence electrons. The lowest BCUT2D eigenvalue weighted by atomic mass is 9.87. The molecule has 3 aromatic carbocycles. The fourth-order valence-corrected chi connectivity index (χ4v) is 4.88. The number of amides is 2. The Kier molecular flexibility index (Phi) is 7.72. The van der Waals surface area contributed by atoms with E-state index in [9.17, 15) is 14.0 Å². The van der Waals surface area contributed by atoms with E-state index in [1.807, 2.05) is 61.2 Å². The number of aromatic nitrogens is 1. The van der Waals surface area contributed by atoms with E-state index in [0.717, 1.165) is 34.2 Å². The minimum atomic E-state index is -0.337. The number of carbonyl (C=O) groups is 2. The van der Waals surface area contributed by atoms with Crippen LogP contribution in [-0.2, 0) is 24.4 Å². The highest BCUT2D eigenvalue weighted by Crippen LogP contribution is 2.37. The fourth-order valence-electron chi connectivity index (χ4n) is 4.88. The number of rotatable bonds is 8. The molecule has 1 N–H and O–H groups in total. The van der Waals surface area contributed by atoms with Crippen LogP contribution in [0, 0.1) is 12.7 Å². The van der Waals surface area contributed by atoms with Gasteiger partial charge < -0.3 is 19.4 Å². The normalized spacial score (nSPS) is 14.5. The van der Waals surface area contributed by atoms with E-state index >= 15 is 0 Å². The van der Waals surface area contributed by atoms with Gasteiger partial charge in [0.05, 0.1) is 6.04 Å². The molecule has 39 heavy (non-hydrogen) atoms. The van der Waals surface area contributed by atoms with Crippen LogP contribution >= 0.6 is 0 Å². The largest absolute Gasteiger partial charge is 0.484 e. The van der Waals surface area contributed by atoms with Crippen LogP contribution in [0.4, 0.5) is 4.39 Å². The molecule has 7 nitrogen and oxygen atoms in total. The third-order valence-electron chi connectivity index (χ3n) is 6.84. The predicted octanol–water partition coefficient (Wildman–Crippen LogP) is 5.52. The van der Waals surface area contributed by atoms with Gasteiger partial charge in [-0.2, -0.15) is 0 Å². The van der Waals surface area contributed by atoms with E-state index in [2.05, 4.69) is 10.3 Å². The number of oxazole rings is 1. The van der Waals surface area contributed by atoms with Crippen LogP contribution in [-0.4, -0.2) is 28.2 Å². The van der Waals surface area contributed by atoms with Crippen molar-refractivity contribution in [2.24, 2.45) is 0 Å². The molecule has 4 aromatic rings. The average molecular weight is 528 g/mol. The number of benzene rings is 3. The third kappa shape index (κ3) is 6.00. The van der Waals surface area contributed by atoms with Gasteiger partial charge in [-0.1, -0.05) is 55.0 Å². The van der Waals surface area contributed by atoms with Gasteiger partial charge in [0, 0.05) is 19.5 Å². The van der Waals surface area contributed by atoms with Gasteiger partial charge in [-0.25, -0.2) is 9.37 Å². The van der Waals surface area contributed by atoms with Crippen molar-refractivity contribution < 1.29 is 23.1 Å². The number of nitrogens with one attached hydrogen (secondary N) is 1. The lowest BCUT2D eigenvalue weighted by Crippen LogP contribution is -2.40. The summed E-state index contributed by atoms with van der Waals surface area (Å²) in [5.74, 6) is 0.230. The van der Waals surface area contributed by atoms with Crippen LogP contribution in [0.1, 0.15) is 63.6 Å². The van der Waals surface area contributed by atoms with Gasteiger partial charge in [-0.3, -0.25) is 9.59 Å². The zero-order chi connectivity index (χ0) is 27.4. The summed E-state index contributed by atoms with van der Waals surface area (Å²) in [5.41, 5.74) is 5.19. The second kappa shape index (κ2) is 11.5. The number of ether oxygens (including phenoxy) is 1. The van der Waals surface area contributed by atoms with Crippen molar-refractivity contribution in [2.75, 3.05) is 6.54 Å². The Balaban J connectivity index is 1.29. The summed E-state index contributed by atoms with van der Waals surface area (Å²) in [6.45, 7) is 4.85. The highest BCUT2D eigenvalue weighted by atomic mass is 19.1. The molecule has 1 atom stereocenters. The molecule has 2 heterocycles. The molecule has 0 bridgehead atoms. The minimum absolute atomic E-state index is 0.0305. The Bertz CT molecular complexity index is 1480. The van der Waals surface area contributed by atoms with Crippen LogP contribution < -0.4 is 10.1 Å². The van der Waals surface area contributed by atoms with Crippen molar-refractivity contribution in [2.45, 2.75) is 45.9 Å². The Morgan fingerprint density at radius 3 is 2.72 bits per heavy atom. The van der Waals surface area contributed by atoms with E-state index in [0.29, 0.717) is 25.3 Å². The number of nitrogens with zero attached hydrogens (tertiary/aromatic N) is 2. The summed E-state index contributed by atoms with van der Waals surface area (Å²) in [4.78, 5) is 31.4. The van der Waals surface area contributed by atoms with Crippen LogP contribution in [0.5, 0.6) is 5.75 Å². The summed E-state index contributed by atoms with van der Waals surface area (Å²) >= 11 is 0. The van der Waals surface area contributed by atoms with Crippen molar-refractivity contribution >= 4 is 11.8 Å². The SMILES string of the molecule is CCC(=O)N1CCc2ccc(OCc3nc(C(=O)NCc4cccc(C)c4)co3)cc2C1c1ccc(F)cc1. The quantitative estimate of drug-likeness (QED) is 0.326. The topological polar surface area (TPSA) is 84.7 Å². The molecule has 0 spiro atoms. The summed E-state index contributed by atoms with van der Waals surface area (Å²) in [6, 6.07) is 19.6. The maximum Gasteiger partial charge on any atom is 0.273 e. The highest BCUT2D eigenvalue weighted by molar-refractivity contribution is 5.91. The lowest BCUT2D eigenvalue weighted by molar-refractivity contribution is -0.132. The average Bonchev–Trinajstić information content (AvgIpc) is 3.43. The van der Waals surface area contributed by atoms with Crippen LogP contribution in [0.2, 0.25) is 0 Å². The number of hydrogen-bond donors (Lipinski definition) is 1. The molecular weight excluding hydrogens is 497 g/mol. The van der Waals surface area contributed by atoms with Gasteiger partial charge in [0.25, 0.3) is 5.91 Å². The van der Waals surface area contributed by atoms with E-state index in [4.69, 9.17) is 9.15 Å². The molecule has 1 aliphatic heterocycles. The maximum atomic E-state index is 13.6. The second-order valence-electron chi connectivity index (χ2n) is 9.59. The Morgan fingerprint density at radius 2 is 1.95 bits per heavy atom. The Morgan fingerprint density at radius 1 is 1.13 bits per heavy atom. The van der Waals surface area contributed by atoms with Gasteiger partial charge in [0.2, 0.25) is 11.8 Å². The number of carbonyl (C=O) groups excluding carboxylic acids is 2. The molecule has 2 amide bonds. The molecular formula is C31H30FN3O4. The highest BCUT2D eigenvalue weighted by Gasteiger charge is 2.31. The summed E-state index contributed by atoms with van der Waals surface area (Å²) in [6.07, 6.45) is 2.42. The minimum Gasteiger partial charge on any atom is -0.484 e. The van der Waals surface area contributed by atoms with Gasteiger partial charge in [0.15, 0.2) is 12.3 Å². The van der Waals surface area contributed by atoms with Crippen LogP contribution in [0.15, 0.2) is 77.4 Å². The monoisotopic (exact) mass is 527 g/mol. The number of halogens is 1. The van der Waals surface area contributed by atoms with E-state index < -0.39 is 0 Å². The van der Waals surface area contributed by atoms with Crippen molar-refractivity contribution in [3.8, 4) is 5.75 Å². The predicted molar refractivity (Wildman–Crippen MR) is 144 cm³/mol. The first kappa shape index (κ1) is 26.2. The standard InChI is InChI=1S/C31H30FN3O4/c1-3-29(36)35-14-13-22-9-12-25(16-26(22)30(35)23-7-10-24(32)11-8-23)38-19-28-34-27(18-39-28)31(37)33-17-21-6-4-5-20(2)15-21/h4-12,15-16,18,30H,3,13-14,17,19H2,1-2H3,(H,33,37). The van der Waals surface area contributed by atoms with E-state index in [-0.39, 0.29) is 41.9 Å². The van der Waals surface area contributed by atoms with Gasteiger partial charge in [-0.15, -0.1) is 0 Å². The first-order valence-electron chi connectivity index (χ1n) is 13.0. The molecule has 0 saturated carbocycles. The van der Waals surface area contributed by atoms with Crippen LogP contribution in [0.25, 0.3) is 0 Å². The Labute approximate surface area is 226 Å².